The summed E-state index contributed by atoms with van der Waals surface area (Å²) in [7, 11) is 0. The zero-order chi connectivity index (χ0) is 9.47. The monoisotopic (exact) mass is 181 g/mol. The van der Waals surface area contributed by atoms with Gasteiger partial charge in [0, 0.05) is 12.2 Å². The number of nitrogens with one attached hydrogen (secondary N) is 1. The summed E-state index contributed by atoms with van der Waals surface area (Å²) in [6, 6.07) is 0. The quantitative estimate of drug-likeness (QED) is 0.604. The number of hydrogen-bond acceptors (Lipinski definition) is 3. The molecule has 0 saturated carbocycles. The number of H-pyrrole nitrogens is 1. The number of nitrogens with zero attached hydrogens (tertiary/aromatic N) is 1. The molecule has 0 radical (unpaired) electrons. The van der Waals surface area contributed by atoms with Crippen LogP contribution >= 0.6 is 0 Å². The van der Waals surface area contributed by atoms with Crippen LogP contribution < -0.4 is 5.73 Å². The second-order valence-electron chi connectivity index (χ2n) is 3.86. The lowest BCUT2D eigenvalue weighted by atomic mass is 9.98. The molecule has 13 heavy (non-hydrogen) atoms. The van der Waals surface area contributed by atoms with Gasteiger partial charge in [-0.05, 0) is 31.7 Å². The van der Waals surface area contributed by atoms with Gasteiger partial charge in [0.2, 0.25) is 0 Å². The first-order chi connectivity index (χ1) is 6.15. The summed E-state index contributed by atoms with van der Waals surface area (Å²) in [4.78, 5) is 0. The standard InChI is InChI=1S/C9H15N3O/c1-9(13,5-10)8-6-3-2-4-7(6)11-12-8/h13H,2-5,10H2,1H3,(H,11,12). The Balaban J connectivity index is 2.41. The van der Waals surface area contributed by atoms with Crippen molar-refractivity contribution in [1.29, 1.82) is 0 Å². The molecular formula is C9H15N3O. The average Bonchev–Trinajstić information content (AvgIpc) is 2.62. The summed E-state index contributed by atoms with van der Waals surface area (Å²) in [5, 5.41) is 17.0. The van der Waals surface area contributed by atoms with Gasteiger partial charge in [0.1, 0.15) is 5.60 Å². The van der Waals surface area contributed by atoms with E-state index in [2.05, 4.69) is 10.2 Å². The normalized spacial score (nSPS) is 19.9. The Morgan fingerprint density at radius 3 is 3.08 bits per heavy atom. The molecule has 4 N–H and O–H groups in total. The third-order valence-electron chi connectivity index (χ3n) is 2.71. The van der Waals surface area contributed by atoms with Gasteiger partial charge in [0.05, 0.1) is 5.69 Å². The van der Waals surface area contributed by atoms with Crippen LogP contribution in [0.25, 0.3) is 0 Å². The molecule has 1 unspecified atom stereocenters. The zero-order valence-electron chi connectivity index (χ0n) is 7.80. The lowest BCUT2D eigenvalue weighted by Crippen LogP contribution is -2.32. The molecule has 72 valence electrons. The van der Waals surface area contributed by atoms with Gasteiger partial charge in [-0.25, -0.2) is 0 Å². The summed E-state index contributed by atoms with van der Waals surface area (Å²) in [6.07, 6.45) is 3.21. The zero-order valence-corrected chi connectivity index (χ0v) is 7.80. The molecule has 0 bridgehead atoms. The van der Waals surface area contributed by atoms with Crippen molar-refractivity contribution < 1.29 is 5.11 Å². The van der Waals surface area contributed by atoms with Crippen molar-refractivity contribution in [1.82, 2.24) is 10.2 Å². The number of rotatable bonds is 2. The second-order valence-corrected chi connectivity index (χ2v) is 3.86. The van der Waals surface area contributed by atoms with Crippen molar-refractivity contribution in [3.05, 3.63) is 17.0 Å². The van der Waals surface area contributed by atoms with E-state index in [9.17, 15) is 5.11 Å². The molecule has 1 atom stereocenters. The van der Waals surface area contributed by atoms with E-state index in [4.69, 9.17) is 5.73 Å². The predicted octanol–water partition coefficient (Wildman–Crippen LogP) is 0.0646. The van der Waals surface area contributed by atoms with Gasteiger partial charge >= 0.3 is 0 Å². The number of aliphatic hydroxyl groups is 1. The van der Waals surface area contributed by atoms with E-state index < -0.39 is 5.60 Å². The maximum Gasteiger partial charge on any atom is 0.118 e. The summed E-state index contributed by atoms with van der Waals surface area (Å²) >= 11 is 0. The SMILES string of the molecule is CC(O)(CN)c1n[nH]c2c1CCC2. The molecule has 0 aromatic carbocycles. The Morgan fingerprint density at radius 2 is 2.38 bits per heavy atom. The van der Waals surface area contributed by atoms with E-state index in [1.165, 1.54) is 11.3 Å². The van der Waals surface area contributed by atoms with Crippen LogP contribution in [0.5, 0.6) is 0 Å². The van der Waals surface area contributed by atoms with Crippen LogP contribution in [0.3, 0.4) is 0 Å². The van der Waals surface area contributed by atoms with Gasteiger partial charge < -0.3 is 10.8 Å². The largest absolute Gasteiger partial charge is 0.382 e. The predicted molar refractivity (Wildman–Crippen MR) is 49.2 cm³/mol. The number of aryl methyl sites for hydroxylation is 1. The van der Waals surface area contributed by atoms with Crippen molar-refractivity contribution in [2.24, 2.45) is 5.73 Å². The van der Waals surface area contributed by atoms with E-state index in [0.717, 1.165) is 25.0 Å². The highest BCUT2D eigenvalue weighted by molar-refractivity contribution is 5.33. The molecule has 0 spiro atoms. The molecular weight excluding hydrogens is 166 g/mol. The summed E-state index contributed by atoms with van der Waals surface area (Å²) in [6.45, 7) is 1.92. The Labute approximate surface area is 77.1 Å². The summed E-state index contributed by atoms with van der Waals surface area (Å²) in [5.74, 6) is 0. The highest BCUT2D eigenvalue weighted by Gasteiger charge is 2.30. The van der Waals surface area contributed by atoms with Gasteiger partial charge in [-0.3, -0.25) is 5.10 Å². The van der Waals surface area contributed by atoms with E-state index in [1.54, 1.807) is 6.92 Å². The van der Waals surface area contributed by atoms with E-state index >= 15 is 0 Å². The maximum atomic E-state index is 9.94. The van der Waals surface area contributed by atoms with Crippen LogP contribution in [0.2, 0.25) is 0 Å². The Bertz CT molecular complexity index is 317. The van der Waals surface area contributed by atoms with Crippen molar-refractivity contribution in [2.75, 3.05) is 6.54 Å². The molecule has 1 aromatic rings. The smallest absolute Gasteiger partial charge is 0.118 e. The van der Waals surface area contributed by atoms with Crippen molar-refractivity contribution >= 4 is 0 Å². The van der Waals surface area contributed by atoms with Gasteiger partial charge in [-0.15, -0.1) is 0 Å². The van der Waals surface area contributed by atoms with Crippen molar-refractivity contribution in [2.45, 2.75) is 31.8 Å². The molecule has 1 heterocycles. The topological polar surface area (TPSA) is 74.9 Å². The second kappa shape index (κ2) is 2.82. The van der Waals surface area contributed by atoms with Gasteiger partial charge in [-0.1, -0.05) is 0 Å². The molecule has 0 aliphatic heterocycles. The molecule has 2 rings (SSSR count). The highest BCUT2D eigenvalue weighted by atomic mass is 16.3. The first-order valence-corrected chi connectivity index (χ1v) is 4.64. The fraction of sp³-hybridized carbons (Fsp3) is 0.667. The lowest BCUT2D eigenvalue weighted by Gasteiger charge is -2.19. The van der Waals surface area contributed by atoms with Gasteiger partial charge in [-0.2, -0.15) is 5.10 Å². The molecule has 0 amide bonds. The number of nitrogens with two attached hydrogens (primary N) is 1. The van der Waals surface area contributed by atoms with Crippen molar-refractivity contribution in [3.8, 4) is 0 Å². The fourth-order valence-corrected chi connectivity index (χ4v) is 1.86. The third kappa shape index (κ3) is 1.26. The number of hydrogen-bond donors (Lipinski definition) is 3. The van der Waals surface area contributed by atoms with Crippen LogP contribution in [-0.4, -0.2) is 21.8 Å². The molecule has 0 saturated heterocycles. The minimum Gasteiger partial charge on any atom is -0.382 e. The van der Waals surface area contributed by atoms with E-state index in [1.807, 2.05) is 0 Å². The molecule has 0 fully saturated rings. The number of aromatic nitrogens is 2. The maximum absolute atomic E-state index is 9.94. The minimum absolute atomic E-state index is 0.213. The van der Waals surface area contributed by atoms with Crippen molar-refractivity contribution in [3.63, 3.8) is 0 Å². The van der Waals surface area contributed by atoms with Crippen LogP contribution in [-0.2, 0) is 18.4 Å². The van der Waals surface area contributed by atoms with E-state index in [-0.39, 0.29) is 6.54 Å². The first kappa shape index (κ1) is 8.72. The Morgan fingerprint density at radius 1 is 1.62 bits per heavy atom. The number of aromatic amines is 1. The lowest BCUT2D eigenvalue weighted by molar-refractivity contribution is 0.0612. The minimum atomic E-state index is -0.978. The number of fused-ring (bicyclic) bond motifs is 1. The summed E-state index contributed by atoms with van der Waals surface area (Å²) < 4.78 is 0. The third-order valence-corrected chi connectivity index (χ3v) is 2.71. The average molecular weight is 181 g/mol. The molecule has 4 nitrogen and oxygen atoms in total. The van der Waals surface area contributed by atoms with E-state index in [0.29, 0.717) is 0 Å². The fourth-order valence-electron chi connectivity index (χ4n) is 1.86. The first-order valence-electron chi connectivity index (χ1n) is 4.64. The molecule has 1 aliphatic carbocycles. The molecule has 4 heteroatoms. The Kier molecular flexibility index (Phi) is 1.89. The van der Waals surface area contributed by atoms with Gasteiger partial charge in [0.25, 0.3) is 0 Å². The van der Waals surface area contributed by atoms with Crippen LogP contribution in [0.4, 0.5) is 0 Å². The van der Waals surface area contributed by atoms with Crippen LogP contribution in [0, 0.1) is 0 Å². The highest BCUT2D eigenvalue weighted by Crippen LogP contribution is 2.29. The molecule has 1 aliphatic rings. The Hall–Kier alpha value is -0.870. The summed E-state index contributed by atoms with van der Waals surface area (Å²) in [5.41, 5.74) is 7.59. The van der Waals surface area contributed by atoms with Crippen LogP contribution in [0.15, 0.2) is 0 Å². The van der Waals surface area contributed by atoms with Crippen LogP contribution in [0.1, 0.15) is 30.3 Å². The van der Waals surface area contributed by atoms with Gasteiger partial charge in [0.15, 0.2) is 0 Å². The molecule has 1 aromatic heterocycles.